The second kappa shape index (κ2) is 6.11. The maximum atomic E-state index is 11.7. The lowest BCUT2D eigenvalue weighted by Crippen LogP contribution is -2.57. The predicted molar refractivity (Wildman–Crippen MR) is 78.3 cm³/mol. The Morgan fingerprint density at radius 1 is 1.63 bits per heavy atom. The Kier molecular flexibility index (Phi) is 4.71. The number of amides is 1. The number of nitrogens with zero attached hydrogens (tertiary/aromatic N) is 1. The van der Waals surface area contributed by atoms with Gasteiger partial charge in [-0.15, -0.1) is 11.8 Å². The molecule has 0 aliphatic heterocycles. The van der Waals surface area contributed by atoms with Crippen LogP contribution in [0.5, 0.6) is 0 Å². The zero-order valence-corrected chi connectivity index (χ0v) is 12.4. The molecule has 1 saturated carbocycles. The molecule has 3 N–H and O–H groups in total. The number of rotatable bonds is 4. The van der Waals surface area contributed by atoms with Gasteiger partial charge < -0.3 is 11.1 Å². The molecule has 0 aromatic carbocycles. The summed E-state index contributed by atoms with van der Waals surface area (Å²) in [4.78, 5) is 16.0. The van der Waals surface area contributed by atoms with Crippen LogP contribution in [0.15, 0.2) is 23.4 Å². The van der Waals surface area contributed by atoms with Crippen LogP contribution in [0.2, 0.25) is 5.02 Å². The third-order valence-corrected chi connectivity index (χ3v) is 5.09. The zero-order chi connectivity index (χ0) is 13.9. The Morgan fingerprint density at radius 3 is 3.00 bits per heavy atom. The SMILES string of the molecule is CNC1(C(N)=O)CCCC(Sc2ccc(Cl)cn2)C1. The van der Waals surface area contributed by atoms with Crippen molar-refractivity contribution in [3.63, 3.8) is 0 Å². The minimum atomic E-state index is -0.567. The fraction of sp³-hybridized carbons (Fsp3) is 0.538. The number of hydrogen-bond acceptors (Lipinski definition) is 4. The Morgan fingerprint density at radius 2 is 2.42 bits per heavy atom. The Labute approximate surface area is 122 Å². The number of carbonyl (C=O) groups excluding carboxylic acids is 1. The molecule has 1 aromatic rings. The van der Waals surface area contributed by atoms with Crippen LogP contribution in [-0.4, -0.2) is 28.7 Å². The molecule has 2 rings (SSSR count). The van der Waals surface area contributed by atoms with E-state index in [0.717, 1.165) is 30.7 Å². The van der Waals surface area contributed by atoms with Crippen LogP contribution in [0, 0.1) is 0 Å². The fourth-order valence-corrected chi connectivity index (χ4v) is 3.87. The highest BCUT2D eigenvalue weighted by Gasteiger charge is 2.40. The predicted octanol–water partition coefficient (Wildman–Crippen LogP) is 2.21. The highest BCUT2D eigenvalue weighted by Crippen LogP contribution is 2.37. The highest BCUT2D eigenvalue weighted by atomic mass is 35.5. The highest BCUT2D eigenvalue weighted by molar-refractivity contribution is 7.99. The number of likely N-dealkylation sites (N-methyl/N-ethyl adjacent to an activating group) is 1. The van der Waals surface area contributed by atoms with Crippen molar-refractivity contribution in [2.24, 2.45) is 5.73 Å². The monoisotopic (exact) mass is 299 g/mol. The first kappa shape index (κ1) is 14.6. The van der Waals surface area contributed by atoms with Crippen LogP contribution in [0.3, 0.4) is 0 Å². The molecule has 0 radical (unpaired) electrons. The Hall–Kier alpha value is -0.780. The summed E-state index contributed by atoms with van der Waals surface area (Å²) < 4.78 is 0. The molecule has 1 amide bonds. The third-order valence-electron chi connectivity index (χ3n) is 3.64. The smallest absolute Gasteiger partial charge is 0.237 e. The van der Waals surface area contributed by atoms with Gasteiger partial charge >= 0.3 is 0 Å². The number of primary amides is 1. The molecule has 0 saturated heterocycles. The van der Waals surface area contributed by atoms with Crippen LogP contribution in [0.25, 0.3) is 0 Å². The van der Waals surface area contributed by atoms with E-state index in [2.05, 4.69) is 10.3 Å². The molecule has 2 atom stereocenters. The largest absolute Gasteiger partial charge is 0.368 e. The first-order valence-corrected chi connectivity index (χ1v) is 7.58. The molecule has 1 aliphatic rings. The number of nitrogens with two attached hydrogens (primary N) is 1. The van der Waals surface area contributed by atoms with Crippen molar-refractivity contribution >= 4 is 29.3 Å². The lowest BCUT2D eigenvalue weighted by Gasteiger charge is -2.37. The van der Waals surface area contributed by atoms with Crippen LogP contribution in [-0.2, 0) is 4.79 Å². The van der Waals surface area contributed by atoms with Crippen molar-refractivity contribution in [2.75, 3.05) is 7.05 Å². The van der Waals surface area contributed by atoms with Gasteiger partial charge in [0.05, 0.1) is 15.6 Å². The van der Waals surface area contributed by atoms with Gasteiger partial charge in [-0.25, -0.2) is 4.98 Å². The number of thioether (sulfide) groups is 1. The van der Waals surface area contributed by atoms with Gasteiger partial charge in [-0.05, 0) is 44.9 Å². The maximum absolute atomic E-state index is 11.7. The summed E-state index contributed by atoms with van der Waals surface area (Å²) in [5.41, 5.74) is 4.98. The van der Waals surface area contributed by atoms with E-state index in [1.807, 2.05) is 12.1 Å². The molecule has 0 bridgehead atoms. The summed E-state index contributed by atoms with van der Waals surface area (Å²) in [6.45, 7) is 0. The van der Waals surface area contributed by atoms with Crippen molar-refractivity contribution < 1.29 is 4.79 Å². The van der Waals surface area contributed by atoms with E-state index in [4.69, 9.17) is 17.3 Å². The molecule has 4 nitrogen and oxygen atoms in total. The number of halogens is 1. The van der Waals surface area contributed by atoms with Crippen LogP contribution >= 0.6 is 23.4 Å². The normalized spacial score (nSPS) is 27.2. The first-order chi connectivity index (χ1) is 9.05. The molecule has 1 aromatic heterocycles. The zero-order valence-electron chi connectivity index (χ0n) is 10.9. The summed E-state index contributed by atoms with van der Waals surface area (Å²) in [6, 6.07) is 3.74. The van der Waals surface area contributed by atoms with Gasteiger partial charge in [0.2, 0.25) is 5.91 Å². The molecule has 6 heteroatoms. The summed E-state index contributed by atoms with van der Waals surface area (Å²) in [5, 5.41) is 5.03. The summed E-state index contributed by atoms with van der Waals surface area (Å²) in [5.74, 6) is -0.260. The second-order valence-corrected chi connectivity index (χ2v) is 6.60. The maximum Gasteiger partial charge on any atom is 0.237 e. The van der Waals surface area contributed by atoms with Crippen molar-refractivity contribution in [1.82, 2.24) is 10.3 Å². The van der Waals surface area contributed by atoms with E-state index < -0.39 is 5.54 Å². The molecule has 1 aliphatic carbocycles. The van der Waals surface area contributed by atoms with Gasteiger partial charge in [0, 0.05) is 11.4 Å². The molecule has 19 heavy (non-hydrogen) atoms. The molecule has 2 unspecified atom stereocenters. The lowest BCUT2D eigenvalue weighted by atomic mass is 9.81. The molecule has 104 valence electrons. The van der Waals surface area contributed by atoms with Gasteiger partial charge in [0.25, 0.3) is 0 Å². The Bertz CT molecular complexity index is 454. The molecule has 1 heterocycles. The van der Waals surface area contributed by atoms with E-state index in [1.165, 1.54) is 0 Å². The summed E-state index contributed by atoms with van der Waals surface area (Å²) >= 11 is 7.51. The lowest BCUT2D eigenvalue weighted by molar-refractivity contribution is -0.125. The standard InChI is InChI=1S/C13H18ClN3OS/c1-16-13(12(15)18)6-2-3-10(7-13)19-11-5-4-9(14)8-17-11/h4-5,8,10,16H,2-3,6-7H2,1H3,(H2,15,18). The van der Waals surface area contributed by atoms with Gasteiger partial charge in [0.1, 0.15) is 0 Å². The van der Waals surface area contributed by atoms with Gasteiger partial charge in [-0.3, -0.25) is 4.79 Å². The molecular weight excluding hydrogens is 282 g/mol. The topological polar surface area (TPSA) is 68.0 Å². The third kappa shape index (κ3) is 3.41. The van der Waals surface area contributed by atoms with Crippen molar-refractivity contribution in [2.45, 2.75) is 41.5 Å². The fourth-order valence-electron chi connectivity index (χ4n) is 2.50. The van der Waals surface area contributed by atoms with Crippen molar-refractivity contribution in [1.29, 1.82) is 0 Å². The van der Waals surface area contributed by atoms with Crippen LogP contribution in [0.4, 0.5) is 0 Å². The number of hydrogen-bond donors (Lipinski definition) is 2. The van der Waals surface area contributed by atoms with Crippen LogP contribution in [0.1, 0.15) is 25.7 Å². The average Bonchev–Trinajstić information content (AvgIpc) is 2.41. The number of carbonyl (C=O) groups is 1. The van der Waals surface area contributed by atoms with Gasteiger partial charge in [0.15, 0.2) is 0 Å². The summed E-state index contributed by atoms with van der Waals surface area (Å²) in [7, 11) is 1.80. The quantitative estimate of drug-likeness (QED) is 0.894. The van der Waals surface area contributed by atoms with E-state index in [1.54, 1.807) is 25.0 Å². The van der Waals surface area contributed by atoms with E-state index in [-0.39, 0.29) is 5.91 Å². The number of pyridine rings is 1. The van der Waals surface area contributed by atoms with Gasteiger partial charge in [-0.1, -0.05) is 11.6 Å². The van der Waals surface area contributed by atoms with E-state index in [9.17, 15) is 4.79 Å². The van der Waals surface area contributed by atoms with Crippen LogP contribution < -0.4 is 11.1 Å². The molecular formula is C13H18ClN3OS. The minimum Gasteiger partial charge on any atom is -0.368 e. The molecule has 1 fully saturated rings. The summed E-state index contributed by atoms with van der Waals surface area (Å²) in [6.07, 6.45) is 5.27. The van der Waals surface area contributed by atoms with Gasteiger partial charge in [-0.2, -0.15) is 0 Å². The van der Waals surface area contributed by atoms with Crippen molar-refractivity contribution in [3.8, 4) is 0 Å². The number of aromatic nitrogens is 1. The average molecular weight is 300 g/mol. The Balaban J connectivity index is 2.05. The van der Waals surface area contributed by atoms with E-state index in [0.29, 0.717) is 10.3 Å². The van der Waals surface area contributed by atoms with E-state index >= 15 is 0 Å². The minimum absolute atomic E-state index is 0.260. The number of nitrogens with one attached hydrogen (secondary N) is 1. The first-order valence-electron chi connectivity index (χ1n) is 6.33. The van der Waals surface area contributed by atoms with Crippen molar-refractivity contribution in [3.05, 3.63) is 23.4 Å². The molecule has 0 spiro atoms. The second-order valence-electron chi connectivity index (χ2n) is 4.85.